The van der Waals surface area contributed by atoms with E-state index >= 15 is 0 Å². The summed E-state index contributed by atoms with van der Waals surface area (Å²) in [6.45, 7) is 7.29. The van der Waals surface area contributed by atoms with Crippen molar-refractivity contribution in [3.8, 4) is 0 Å². The number of benzene rings is 1. The van der Waals surface area contributed by atoms with Crippen LogP contribution in [0.15, 0.2) is 24.3 Å². The number of methoxy groups -OCH3 is 1. The molecule has 1 aromatic rings. The van der Waals surface area contributed by atoms with Gasteiger partial charge in [0.25, 0.3) is 0 Å². The number of unbranched alkanes of at least 4 members (excludes halogenated alkanes) is 1. The van der Waals surface area contributed by atoms with Crippen LogP contribution < -0.4 is 0 Å². The second-order valence-corrected chi connectivity index (χ2v) is 5.06. The summed E-state index contributed by atoms with van der Waals surface area (Å²) in [4.78, 5) is 0. The molecule has 0 aliphatic heterocycles. The standard InChI is InChI=1S/C16H26O2/c1-5-6-7-14(3)12-18-16(17-4)15-10-8-13(2)9-11-15/h8-11,14,16H,5-7,12H2,1-4H3. The van der Waals surface area contributed by atoms with Gasteiger partial charge >= 0.3 is 0 Å². The number of rotatable bonds is 8. The summed E-state index contributed by atoms with van der Waals surface area (Å²) in [6, 6.07) is 8.32. The molecule has 0 fully saturated rings. The fraction of sp³-hybridized carbons (Fsp3) is 0.625. The highest BCUT2D eigenvalue weighted by molar-refractivity contribution is 5.22. The first kappa shape index (κ1) is 15.2. The van der Waals surface area contributed by atoms with Gasteiger partial charge in [-0.3, -0.25) is 0 Å². The Hall–Kier alpha value is -0.860. The molecule has 0 N–H and O–H groups in total. The lowest BCUT2D eigenvalue weighted by Crippen LogP contribution is -2.12. The van der Waals surface area contributed by atoms with Gasteiger partial charge < -0.3 is 9.47 Å². The van der Waals surface area contributed by atoms with Crippen LogP contribution in [0.2, 0.25) is 0 Å². The summed E-state index contributed by atoms with van der Waals surface area (Å²) in [7, 11) is 1.70. The monoisotopic (exact) mass is 250 g/mol. The van der Waals surface area contributed by atoms with E-state index in [1.54, 1.807) is 7.11 Å². The average Bonchev–Trinajstić information content (AvgIpc) is 2.39. The van der Waals surface area contributed by atoms with E-state index in [1.165, 1.54) is 24.8 Å². The van der Waals surface area contributed by atoms with Gasteiger partial charge in [0.1, 0.15) is 0 Å². The molecule has 0 heterocycles. The second kappa shape index (κ2) is 8.28. The molecule has 0 bridgehead atoms. The Morgan fingerprint density at radius 1 is 1.17 bits per heavy atom. The van der Waals surface area contributed by atoms with Crippen LogP contribution in [0, 0.1) is 12.8 Å². The summed E-state index contributed by atoms with van der Waals surface area (Å²) >= 11 is 0. The molecule has 0 aliphatic rings. The second-order valence-electron chi connectivity index (χ2n) is 5.06. The van der Waals surface area contributed by atoms with Crippen molar-refractivity contribution >= 4 is 0 Å². The van der Waals surface area contributed by atoms with Crippen LogP contribution >= 0.6 is 0 Å². The van der Waals surface area contributed by atoms with Crippen molar-refractivity contribution in [2.24, 2.45) is 5.92 Å². The van der Waals surface area contributed by atoms with Gasteiger partial charge in [-0.15, -0.1) is 0 Å². The normalized spacial score (nSPS) is 14.4. The minimum Gasteiger partial charge on any atom is -0.352 e. The van der Waals surface area contributed by atoms with Crippen LogP contribution in [0.1, 0.15) is 50.5 Å². The Bertz CT molecular complexity index is 318. The molecule has 0 spiro atoms. The predicted octanol–water partition coefficient (Wildman–Crippen LogP) is 4.48. The molecule has 2 atom stereocenters. The molecule has 18 heavy (non-hydrogen) atoms. The minimum absolute atomic E-state index is 0.241. The number of hydrogen-bond donors (Lipinski definition) is 0. The third kappa shape index (κ3) is 5.19. The highest BCUT2D eigenvalue weighted by Gasteiger charge is 2.12. The first-order valence-electron chi connectivity index (χ1n) is 6.88. The summed E-state index contributed by atoms with van der Waals surface area (Å²) < 4.78 is 11.3. The first-order valence-corrected chi connectivity index (χ1v) is 6.88. The maximum atomic E-state index is 5.85. The highest BCUT2D eigenvalue weighted by atomic mass is 16.7. The van der Waals surface area contributed by atoms with E-state index in [-0.39, 0.29) is 6.29 Å². The van der Waals surface area contributed by atoms with Gasteiger partial charge in [0.15, 0.2) is 6.29 Å². The Kier molecular flexibility index (Phi) is 6.99. The van der Waals surface area contributed by atoms with Crippen molar-refractivity contribution < 1.29 is 9.47 Å². The third-order valence-electron chi connectivity index (χ3n) is 3.15. The van der Waals surface area contributed by atoms with Crippen LogP contribution in [-0.4, -0.2) is 13.7 Å². The maximum Gasteiger partial charge on any atom is 0.183 e. The Labute approximate surface area is 111 Å². The van der Waals surface area contributed by atoms with Crippen LogP contribution in [0.3, 0.4) is 0 Å². The van der Waals surface area contributed by atoms with Gasteiger partial charge in [-0.1, -0.05) is 56.5 Å². The van der Waals surface area contributed by atoms with Gasteiger partial charge in [0.2, 0.25) is 0 Å². The Balaban J connectivity index is 2.44. The molecule has 0 aromatic heterocycles. The molecule has 0 saturated carbocycles. The molecule has 102 valence electrons. The smallest absolute Gasteiger partial charge is 0.183 e. The Morgan fingerprint density at radius 3 is 2.39 bits per heavy atom. The molecule has 0 amide bonds. The van der Waals surface area contributed by atoms with Crippen molar-refractivity contribution in [1.82, 2.24) is 0 Å². The van der Waals surface area contributed by atoms with E-state index in [0.717, 1.165) is 12.2 Å². The quantitative estimate of drug-likeness (QED) is 0.633. The topological polar surface area (TPSA) is 18.5 Å². The molecule has 1 aromatic carbocycles. The average molecular weight is 250 g/mol. The van der Waals surface area contributed by atoms with Gasteiger partial charge in [-0.05, 0) is 19.3 Å². The molecule has 1 rings (SSSR count). The summed E-state index contributed by atoms with van der Waals surface area (Å²) in [6.07, 6.45) is 3.50. The zero-order chi connectivity index (χ0) is 13.4. The SMILES string of the molecule is CCCCC(C)COC(OC)c1ccc(C)cc1. The van der Waals surface area contributed by atoms with Gasteiger partial charge in [0.05, 0.1) is 6.61 Å². The van der Waals surface area contributed by atoms with Crippen molar-refractivity contribution in [3.63, 3.8) is 0 Å². The zero-order valence-electron chi connectivity index (χ0n) is 12.1. The number of aryl methyl sites for hydroxylation is 1. The van der Waals surface area contributed by atoms with E-state index in [1.807, 2.05) is 0 Å². The van der Waals surface area contributed by atoms with Gasteiger partial charge in [-0.25, -0.2) is 0 Å². The van der Waals surface area contributed by atoms with E-state index in [2.05, 4.69) is 45.0 Å². The van der Waals surface area contributed by atoms with Gasteiger partial charge in [0, 0.05) is 12.7 Å². The zero-order valence-corrected chi connectivity index (χ0v) is 12.1. The van der Waals surface area contributed by atoms with E-state index in [0.29, 0.717) is 5.92 Å². The summed E-state index contributed by atoms with van der Waals surface area (Å²) in [5.41, 5.74) is 2.34. The highest BCUT2D eigenvalue weighted by Crippen LogP contribution is 2.20. The van der Waals surface area contributed by atoms with Gasteiger partial charge in [-0.2, -0.15) is 0 Å². The van der Waals surface area contributed by atoms with E-state index < -0.39 is 0 Å². The molecule has 2 unspecified atom stereocenters. The fourth-order valence-corrected chi connectivity index (χ4v) is 1.91. The lowest BCUT2D eigenvalue weighted by Gasteiger charge is -2.19. The maximum absolute atomic E-state index is 5.85. The van der Waals surface area contributed by atoms with Crippen molar-refractivity contribution in [1.29, 1.82) is 0 Å². The number of hydrogen-bond acceptors (Lipinski definition) is 2. The van der Waals surface area contributed by atoms with Crippen LogP contribution in [0.5, 0.6) is 0 Å². The lowest BCUT2D eigenvalue weighted by atomic mass is 10.1. The molecule has 0 aliphatic carbocycles. The van der Waals surface area contributed by atoms with Crippen LogP contribution in [-0.2, 0) is 9.47 Å². The van der Waals surface area contributed by atoms with Crippen LogP contribution in [0.4, 0.5) is 0 Å². The molecule has 2 heteroatoms. The molecule has 2 nitrogen and oxygen atoms in total. The summed E-state index contributed by atoms with van der Waals surface area (Å²) in [5.74, 6) is 0.591. The molecule has 0 radical (unpaired) electrons. The van der Waals surface area contributed by atoms with E-state index in [9.17, 15) is 0 Å². The molecule has 0 saturated heterocycles. The lowest BCUT2D eigenvalue weighted by molar-refractivity contribution is -0.136. The van der Waals surface area contributed by atoms with Crippen LogP contribution in [0.25, 0.3) is 0 Å². The largest absolute Gasteiger partial charge is 0.352 e. The Morgan fingerprint density at radius 2 is 1.83 bits per heavy atom. The first-order chi connectivity index (χ1) is 8.67. The summed E-state index contributed by atoms with van der Waals surface area (Å²) in [5, 5.41) is 0. The third-order valence-corrected chi connectivity index (χ3v) is 3.15. The van der Waals surface area contributed by atoms with Crippen molar-refractivity contribution in [2.45, 2.75) is 46.3 Å². The van der Waals surface area contributed by atoms with Crippen molar-refractivity contribution in [2.75, 3.05) is 13.7 Å². The van der Waals surface area contributed by atoms with E-state index in [4.69, 9.17) is 9.47 Å². The fourth-order valence-electron chi connectivity index (χ4n) is 1.91. The van der Waals surface area contributed by atoms with Crippen molar-refractivity contribution in [3.05, 3.63) is 35.4 Å². The molecular formula is C16H26O2. The predicted molar refractivity (Wildman–Crippen MR) is 75.6 cm³/mol. The molecular weight excluding hydrogens is 224 g/mol. The minimum atomic E-state index is -0.241. The number of ether oxygens (including phenoxy) is 2.